The lowest BCUT2D eigenvalue weighted by atomic mass is 9.96. The van der Waals surface area contributed by atoms with E-state index in [1.54, 1.807) is 36.9 Å². The van der Waals surface area contributed by atoms with Crippen LogP contribution in [0.5, 0.6) is 5.75 Å². The van der Waals surface area contributed by atoms with E-state index in [4.69, 9.17) is 0 Å². The van der Waals surface area contributed by atoms with Gasteiger partial charge in [0.25, 0.3) is 0 Å². The molecule has 1 aromatic carbocycles. The van der Waals surface area contributed by atoms with Crippen LogP contribution in [0.3, 0.4) is 0 Å². The van der Waals surface area contributed by atoms with E-state index < -0.39 is 5.60 Å². The lowest BCUT2D eigenvalue weighted by Gasteiger charge is -2.33. The number of likely N-dealkylation sites (tertiary alicyclic amines) is 1. The number of hydrogen-bond acceptors (Lipinski definition) is 3. The first-order valence-corrected chi connectivity index (χ1v) is 6.67. The van der Waals surface area contributed by atoms with Gasteiger partial charge in [-0.25, -0.2) is 0 Å². The number of phenols is 1. The number of nitrogens with zero attached hydrogens (tertiary/aromatic N) is 1. The summed E-state index contributed by atoms with van der Waals surface area (Å²) in [7, 11) is 0. The molecule has 1 heterocycles. The van der Waals surface area contributed by atoms with E-state index in [1.807, 2.05) is 6.07 Å². The summed E-state index contributed by atoms with van der Waals surface area (Å²) < 4.78 is 0. The number of phenolic OH excluding ortho intramolecular Hbond substituents is 1. The van der Waals surface area contributed by atoms with Crippen LogP contribution in [0.2, 0.25) is 0 Å². The van der Waals surface area contributed by atoms with Gasteiger partial charge in [0, 0.05) is 6.54 Å². The van der Waals surface area contributed by atoms with E-state index in [0.717, 1.165) is 18.4 Å². The number of carbonyl (C=O) groups excluding carboxylic acids is 1. The Bertz CT molecular complexity index is 465. The van der Waals surface area contributed by atoms with Gasteiger partial charge >= 0.3 is 0 Å². The minimum atomic E-state index is -0.870. The number of rotatable bonds is 3. The lowest BCUT2D eigenvalue weighted by molar-refractivity contribution is -0.135. The van der Waals surface area contributed by atoms with Gasteiger partial charge in [-0.05, 0) is 44.4 Å². The Morgan fingerprint density at radius 2 is 2.21 bits per heavy atom. The maximum absolute atomic E-state index is 12.3. The quantitative estimate of drug-likeness (QED) is 0.872. The Kier molecular flexibility index (Phi) is 3.80. The standard InChI is InChI=1S/C15H21NO3/c1-15(2,19)13-7-4-8-16(13)14(18)10-11-5-3-6-12(17)9-11/h3,5-6,9,13,17,19H,4,7-8,10H2,1-2H3. The van der Waals surface area contributed by atoms with Crippen LogP contribution in [-0.2, 0) is 11.2 Å². The van der Waals surface area contributed by atoms with E-state index in [9.17, 15) is 15.0 Å². The van der Waals surface area contributed by atoms with Crippen molar-refractivity contribution in [1.82, 2.24) is 4.90 Å². The normalized spacial score (nSPS) is 19.7. The topological polar surface area (TPSA) is 60.8 Å². The van der Waals surface area contributed by atoms with Crippen molar-refractivity contribution in [3.63, 3.8) is 0 Å². The highest BCUT2D eigenvalue weighted by molar-refractivity contribution is 5.79. The monoisotopic (exact) mass is 263 g/mol. The molecule has 2 rings (SSSR count). The van der Waals surface area contributed by atoms with Gasteiger partial charge in [0.1, 0.15) is 5.75 Å². The number of hydrogen-bond donors (Lipinski definition) is 2. The third-order valence-corrected chi connectivity index (χ3v) is 3.65. The van der Waals surface area contributed by atoms with Crippen LogP contribution in [0.1, 0.15) is 32.3 Å². The molecule has 1 saturated heterocycles. The van der Waals surface area contributed by atoms with E-state index in [2.05, 4.69) is 0 Å². The second-order valence-corrected chi connectivity index (χ2v) is 5.75. The summed E-state index contributed by atoms with van der Waals surface area (Å²) in [6.07, 6.45) is 2.04. The van der Waals surface area contributed by atoms with Crippen molar-refractivity contribution in [3.8, 4) is 5.75 Å². The Balaban J connectivity index is 2.07. The van der Waals surface area contributed by atoms with Gasteiger partial charge in [0.15, 0.2) is 0 Å². The van der Waals surface area contributed by atoms with Crippen molar-refractivity contribution >= 4 is 5.91 Å². The van der Waals surface area contributed by atoms with Gasteiger partial charge in [0.05, 0.1) is 18.1 Å². The molecule has 0 aliphatic carbocycles. The highest BCUT2D eigenvalue weighted by atomic mass is 16.3. The minimum Gasteiger partial charge on any atom is -0.508 e. The number of carbonyl (C=O) groups is 1. The molecule has 1 aliphatic heterocycles. The van der Waals surface area contributed by atoms with Crippen molar-refractivity contribution in [1.29, 1.82) is 0 Å². The van der Waals surface area contributed by atoms with Crippen molar-refractivity contribution < 1.29 is 15.0 Å². The maximum atomic E-state index is 12.3. The molecule has 19 heavy (non-hydrogen) atoms. The maximum Gasteiger partial charge on any atom is 0.227 e. The second-order valence-electron chi connectivity index (χ2n) is 5.75. The molecule has 0 bridgehead atoms. The molecule has 0 aromatic heterocycles. The fraction of sp³-hybridized carbons (Fsp3) is 0.533. The van der Waals surface area contributed by atoms with Gasteiger partial charge in [0.2, 0.25) is 5.91 Å². The average molecular weight is 263 g/mol. The summed E-state index contributed by atoms with van der Waals surface area (Å²) in [4.78, 5) is 14.1. The first-order chi connectivity index (χ1) is 8.88. The zero-order chi connectivity index (χ0) is 14.0. The van der Waals surface area contributed by atoms with Crippen molar-refractivity contribution in [2.75, 3.05) is 6.54 Å². The van der Waals surface area contributed by atoms with E-state index >= 15 is 0 Å². The zero-order valence-corrected chi connectivity index (χ0v) is 11.5. The van der Waals surface area contributed by atoms with Crippen LogP contribution in [0.15, 0.2) is 24.3 Å². The summed E-state index contributed by atoms with van der Waals surface area (Å²) in [5.74, 6) is 0.181. The molecule has 1 unspecified atom stereocenters. The minimum absolute atomic E-state index is 0.00947. The molecule has 4 heteroatoms. The second kappa shape index (κ2) is 5.21. The summed E-state index contributed by atoms with van der Waals surface area (Å²) in [5, 5.41) is 19.5. The van der Waals surface area contributed by atoms with E-state index in [1.165, 1.54) is 0 Å². The molecule has 0 saturated carbocycles. The molecule has 4 nitrogen and oxygen atoms in total. The first kappa shape index (κ1) is 13.9. The van der Waals surface area contributed by atoms with Crippen LogP contribution in [-0.4, -0.2) is 39.2 Å². The fourth-order valence-electron chi connectivity index (χ4n) is 2.74. The van der Waals surface area contributed by atoms with Gasteiger partial charge in [-0.3, -0.25) is 4.79 Å². The molecule has 1 fully saturated rings. The molecule has 1 aliphatic rings. The highest BCUT2D eigenvalue weighted by Crippen LogP contribution is 2.27. The first-order valence-electron chi connectivity index (χ1n) is 6.67. The van der Waals surface area contributed by atoms with Gasteiger partial charge in [-0.15, -0.1) is 0 Å². The van der Waals surface area contributed by atoms with Crippen LogP contribution in [0.4, 0.5) is 0 Å². The average Bonchev–Trinajstić information content (AvgIpc) is 2.77. The molecular weight excluding hydrogens is 242 g/mol. The number of amides is 1. The molecular formula is C15H21NO3. The molecule has 104 valence electrons. The van der Waals surface area contributed by atoms with E-state index in [0.29, 0.717) is 6.54 Å². The number of benzene rings is 1. The third-order valence-electron chi connectivity index (χ3n) is 3.65. The predicted octanol–water partition coefficient (Wildman–Crippen LogP) is 1.70. The van der Waals surface area contributed by atoms with Gasteiger partial charge < -0.3 is 15.1 Å². The summed E-state index contributed by atoms with van der Waals surface area (Å²) >= 11 is 0. The lowest BCUT2D eigenvalue weighted by Crippen LogP contribution is -2.48. The summed E-state index contributed by atoms with van der Waals surface area (Å²) in [6.45, 7) is 4.20. The van der Waals surface area contributed by atoms with Crippen LogP contribution >= 0.6 is 0 Å². The fourth-order valence-corrected chi connectivity index (χ4v) is 2.74. The SMILES string of the molecule is CC(C)(O)C1CCCN1C(=O)Cc1cccc(O)c1. The Labute approximate surface area is 113 Å². The van der Waals surface area contributed by atoms with Crippen LogP contribution in [0, 0.1) is 0 Å². The smallest absolute Gasteiger partial charge is 0.227 e. The highest BCUT2D eigenvalue weighted by Gasteiger charge is 2.38. The van der Waals surface area contributed by atoms with Crippen LogP contribution in [0.25, 0.3) is 0 Å². The third kappa shape index (κ3) is 3.26. The Hall–Kier alpha value is -1.55. The van der Waals surface area contributed by atoms with Crippen molar-refractivity contribution in [2.24, 2.45) is 0 Å². The summed E-state index contributed by atoms with van der Waals surface area (Å²) in [6, 6.07) is 6.64. The zero-order valence-electron chi connectivity index (χ0n) is 11.5. The number of aromatic hydroxyl groups is 1. The van der Waals surface area contributed by atoms with Crippen molar-refractivity contribution in [3.05, 3.63) is 29.8 Å². The molecule has 1 amide bonds. The molecule has 0 spiro atoms. The predicted molar refractivity (Wildman–Crippen MR) is 72.8 cm³/mol. The molecule has 1 atom stereocenters. The Morgan fingerprint density at radius 3 is 2.84 bits per heavy atom. The molecule has 0 radical (unpaired) electrons. The van der Waals surface area contributed by atoms with Gasteiger partial charge in [-0.1, -0.05) is 12.1 Å². The van der Waals surface area contributed by atoms with Crippen LogP contribution < -0.4 is 0 Å². The van der Waals surface area contributed by atoms with Gasteiger partial charge in [-0.2, -0.15) is 0 Å². The van der Waals surface area contributed by atoms with E-state index in [-0.39, 0.29) is 24.1 Å². The summed E-state index contributed by atoms with van der Waals surface area (Å²) in [5.41, 5.74) is -0.0725. The number of aliphatic hydroxyl groups is 1. The molecule has 1 aromatic rings. The van der Waals surface area contributed by atoms with Crippen molar-refractivity contribution in [2.45, 2.75) is 44.8 Å². The molecule has 2 N–H and O–H groups in total. The Morgan fingerprint density at radius 1 is 1.47 bits per heavy atom. The largest absolute Gasteiger partial charge is 0.508 e.